The normalized spacial score (nSPS) is 11.2. The monoisotopic (exact) mass is 378 g/mol. The van der Waals surface area contributed by atoms with E-state index in [-0.39, 0.29) is 10.8 Å². The lowest BCUT2D eigenvalue weighted by Crippen LogP contribution is -2.32. The number of rotatable bonds is 8. The largest absolute Gasteiger partial charge is 0.339 e. The summed E-state index contributed by atoms with van der Waals surface area (Å²) in [5.74, 6) is -0.572. The van der Waals surface area contributed by atoms with Crippen LogP contribution >= 0.6 is 0 Å². The van der Waals surface area contributed by atoms with Gasteiger partial charge in [0, 0.05) is 24.3 Å². The fourth-order valence-corrected chi connectivity index (χ4v) is 3.60. The van der Waals surface area contributed by atoms with Crippen LogP contribution in [0.1, 0.15) is 37.0 Å². The Labute approximate surface area is 153 Å². The van der Waals surface area contributed by atoms with Gasteiger partial charge in [-0.1, -0.05) is 13.8 Å². The van der Waals surface area contributed by atoms with Crippen LogP contribution in [0, 0.1) is 5.82 Å². The third-order valence-electron chi connectivity index (χ3n) is 3.78. The second-order valence-electron chi connectivity index (χ2n) is 5.93. The summed E-state index contributed by atoms with van der Waals surface area (Å²) in [4.78, 5) is 14.3. The standard InChI is InChI=1S/C19H23FN2O3S/c1-3-13-22(14-4-2)19(23)15-5-9-17(10-6-15)21-26(24,25)18-11-7-16(20)8-12-18/h5-12,21H,3-4,13-14H2,1-2H3. The second kappa shape index (κ2) is 8.80. The zero-order chi connectivity index (χ0) is 19.2. The van der Waals surface area contributed by atoms with Crippen molar-refractivity contribution in [3.8, 4) is 0 Å². The molecular weight excluding hydrogens is 355 g/mol. The summed E-state index contributed by atoms with van der Waals surface area (Å²) in [5, 5.41) is 0. The maximum absolute atomic E-state index is 12.9. The molecule has 0 atom stereocenters. The molecule has 2 rings (SSSR count). The summed E-state index contributed by atoms with van der Waals surface area (Å²) in [6.07, 6.45) is 1.75. The Balaban J connectivity index is 2.13. The predicted octanol–water partition coefficient (Wildman–Crippen LogP) is 3.89. The smallest absolute Gasteiger partial charge is 0.261 e. The number of anilines is 1. The number of nitrogens with zero attached hydrogens (tertiary/aromatic N) is 1. The fourth-order valence-electron chi connectivity index (χ4n) is 2.55. The van der Waals surface area contributed by atoms with Crippen molar-refractivity contribution in [1.82, 2.24) is 4.90 Å². The van der Waals surface area contributed by atoms with Crippen molar-refractivity contribution in [3.63, 3.8) is 0 Å². The third kappa shape index (κ3) is 5.05. The number of sulfonamides is 1. The van der Waals surface area contributed by atoms with Crippen LogP contribution < -0.4 is 4.72 Å². The number of hydrogen-bond acceptors (Lipinski definition) is 3. The van der Waals surface area contributed by atoms with E-state index in [9.17, 15) is 17.6 Å². The number of halogens is 1. The van der Waals surface area contributed by atoms with Crippen LogP contribution in [0.4, 0.5) is 10.1 Å². The molecule has 0 saturated carbocycles. The van der Waals surface area contributed by atoms with Crippen LogP contribution in [-0.4, -0.2) is 32.3 Å². The van der Waals surface area contributed by atoms with Gasteiger partial charge in [0.1, 0.15) is 5.82 Å². The molecule has 0 aliphatic heterocycles. The summed E-state index contributed by atoms with van der Waals surface area (Å²) < 4.78 is 40.0. The van der Waals surface area contributed by atoms with E-state index in [4.69, 9.17) is 0 Å². The SMILES string of the molecule is CCCN(CCC)C(=O)c1ccc(NS(=O)(=O)c2ccc(F)cc2)cc1. The highest BCUT2D eigenvalue weighted by atomic mass is 32.2. The Morgan fingerprint density at radius 2 is 1.50 bits per heavy atom. The van der Waals surface area contributed by atoms with Gasteiger partial charge in [-0.2, -0.15) is 0 Å². The molecule has 140 valence electrons. The van der Waals surface area contributed by atoms with Crippen molar-refractivity contribution in [2.75, 3.05) is 17.8 Å². The maximum Gasteiger partial charge on any atom is 0.261 e. The van der Waals surface area contributed by atoms with Gasteiger partial charge in [0.05, 0.1) is 4.90 Å². The molecule has 0 bridgehead atoms. The summed E-state index contributed by atoms with van der Waals surface area (Å²) in [6, 6.07) is 10.9. The van der Waals surface area contributed by atoms with Crippen molar-refractivity contribution in [2.24, 2.45) is 0 Å². The van der Waals surface area contributed by atoms with E-state index in [1.807, 2.05) is 13.8 Å². The van der Waals surface area contributed by atoms with Crippen LogP contribution in [0.15, 0.2) is 53.4 Å². The van der Waals surface area contributed by atoms with Gasteiger partial charge < -0.3 is 4.90 Å². The zero-order valence-corrected chi connectivity index (χ0v) is 15.7. The molecule has 0 heterocycles. The number of carbonyl (C=O) groups is 1. The minimum atomic E-state index is -3.81. The molecule has 2 aromatic carbocycles. The van der Waals surface area contributed by atoms with Crippen LogP contribution in [0.2, 0.25) is 0 Å². The molecule has 1 amide bonds. The Kier molecular flexibility index (Phi) is 6.74. The van der Waals surface area contributed by atoms with Crippen LogP contribution in [0.5, 0.6) is 0 Å². The summed E-state index contributed by atoms with van der Waals surface area (Å²) in [5.41, 5.74) is 0.847. The molecule has 1 N–H and O–H groups in total. The number of nitrogens with one attached hydrogen (secondary N) is 1. The quantitative estimate of drug-likeness (QED) is 0.758. The first-order valence-corrected chi connectivity index (χ1v) is 10.0. The molecule has 0 fully saturated rings. The van der Waals surface area contributed by atoms with Gasteiger partial charge >= 0.3 is 0 Å². The van der Waals surface area contributed by atoms with Crippen molar-refractivity contribution in [3.05, 3.63) is 59.9 Å². The molecular formula is C19H23FN2O3S. The van der Waals surface area contributed by atoms with E-state index >= 15 is 0 Å². The molecule has 0 spiro atoms. The van der Waals surface area contributed by atoms with E-state index in [2.05, 4.69) is 4.72 Å². The van der Waals surface area contributed by atoms with E-state index in [0.717, 1.165) is 25.0 Å². The Bertz CT molecular complexity index is 828. The van der Waals surface area contributed by atoms with E-state index in [1.165, 1.54) is 12.1 Å². The zero-order valence-electron chi connectivity index (χ0n) is 14.9. The summed E-state index contributed by atoms with van der Waals surface area (Å²) >= 11 is 0. The average molecular weight is 378 g/mol. The van der Waals surface area contributed by atoms with Gasteiger partial charge in [-0.15, -0.1) is 0 Å². The molecule has 0 aliphatic rings. The van der Waals surface area contributed by atoms with E-state index < -0.39 is 15.8 Å². The lowest BCUT2D eigenvalue weighted by molar-refractivity contribution is 0.0755. The Hall–Kier alpha value is -2.41. The molecule has 7 heteroatoms. The molecule has 0 aromatic heterocycles. The number of amides is 1. The van der Waals surface area contributed by atoms with Gasteiger partial charge in [0.15, 0.2) is 0 Å². The van der Waals surface area contributed by atoms with Gasteiger partial charge in [0.25, 0.3) is 15.9 Å². The first-order valence-electron chi connectivity index (χ1n) is 8.55. The van der Waals surface area contributed by atoms with Gasteiger partial charge in [0.2, 0.25) is 0 Å². The number of hydrogen-bond donors (Lipinski definition) is 1. The van der Waals surface area contributed by atoms with Crippen molar-refractivity contribution < 1.29 is 17.6 Å². The maximum atomic E-state index is 12.9. The second-order valence-corrected chi connectivity index (χ2v) is 7.61. The first-order chi connectivity index (χ1) is 12.4. The fraction of sp³-hybridized carbons (Fsp3) is 0.316. The number of carbonyl (C=O) groups excluding carboxylic acids is 1. The third-order valence-corrected chi connectivity index (χ3v) is 5.18. The van der Waals surface area contributed by atoms with Crippen molar-refractivity contribution in [1.29, 1.82) is 0 Å². The molecule has 2 aromatic rings. The molecule has 5 nitrogen and oxygen atoms in total. The van der Waals surface area contributed by atoms with Gasteiger partial charge in [-0.3, -0.25) is 9.52 Å². The molecule has 0 radical (unpaired) electrons. The van der Waals surface area contributed by atoms with Crippen molar-refractivity contribution in [2.45, 2.75) is 31.6 Å². The highest BCUT2D eigenvalue weighted by Crippen LogP contribution is 2.18. The minimum Gasteiger partial charge on any atom is -0.339 e. The molecule has 26 heavy (non-hydrogen) atoms. The van der Waals surface area contributed by atoms with Gasteiger partial charge in [-0.05, 0) is 61.4 Å². The van der Waals surface area contributed by atoms with Crippen LogP contribution in [-0.2, 0) is 10.0 Å². The number of benzene rings is 2. The predicted molar refractivity (Wildman–Crippen MR) is 100 cm³/mol. The lowest BCUT2D eigenvalue weighted by atomic mass is 10.1. The molecule has 0 unspecified atom stereocenters. The van der Waals surface area contributed by atoms with Crippen molar-refractivity contribution >= 4 is 21.6 Å². The summed E-state index contributed by atoms with van der Waals surface area (Å²) in [7, 11) is -3.81. The molecule has 0 saturated heterocycles. The Morgan fingerprint density at radius 3 is 2.00 bits per heavy atom. The van der Waals surface area contributed by atoms with E-state index in [0.29, 0.717) is 24.3 Å². The topological polar surface area (TPSA) is 66.5 Å². The molecule has 0 aliphatic carbocycles. The Morgan fingerprint density at radius 1 is 0.962 bits per heavy atom. The lowest BCUT2D eigenvalue weighted by Gasteiger charge is -2.21. The van der Waals surface area contributed by atoms with E-state index in [1.54, 1.807) is 29.2 Å². The average Bonchev–Trinajstić information content (AvgIpc) is 2.61. The highest BCUT2D eigenvalue weighted by Gasteiger charge is 2.16. The van der Waals surface area contributed by atoms with Crippen LogP contribution in [0.25, 0.3) is 0 Å². The first kappa shape index (κ1) is 19.9. The van der Waals surface area contributed by atoms with Crippen LogP contribution in [0.3, 0.4) is 0 Å². The van der Waals surface area contributed by atoms with Gasteiger partial charge in [-0.25, -0.2) is 12.8 Å². The summed E-state index contributed by atoms with van der Waals surface area (Å²) in [6.45, 7) is 5.41. The minimum absolute atomic E-state index is 0.0314. The highest BCUT2D eigenvalue weighted by molar-refractivity contribution is 7.92.